The van der Waals surface area contributed by atoms with Crippen molar-refractivity contribution < 1.29 is 4.42 Å². The summed E-state index contributed by atoms with van der Waals surface area (Å²) in [5.41, 5.74) is 3.90. The van der Waals surface area contributed by atoms with Gasteiger partial charge in [0, 0.05) is 12.0 Å². The zero-order valence-electron chi connectivity index (χ0n) is 10.1. The van der Waals surface area contributed by atoms with E-state index < -0.39 is 0 Å². The van der Waals surface area contributed by atoms with Gasteiger partial charge in [0.25, 0.3) is 0 Å². The van der Waals surface area contributed by atoms with Gasteiger partial charge in [0.05, 0.1) is 0 Å². The molecule has 2 aromatic rings. The van der Waals surface area contributed by atoms with Crippen molar-refractivity contribution in [3.05, 3.63) is 65.1 Å². The number of rotatable bonds is 1. The van der Waals surface area contributed by atoms with Crippen LogP contribution in [0.3, 0.4) is 0 Å². The van der Waals surface area contributed by atoms with Gasteiger partial charge in [-0.15, -0.1) is 0 Å². The smallest absolute Gasteiger partial charge is 0.111 e. The van der Waals surface area contributed by atoms with E-state index >= 15 is 0 Å². The number of fused-ring (bicyclic) bond motifs is 1. The highest BCUT2D eigenvalue weighted by Crippen LogP contribution is 2.32. The number of benzene rings is 1. The van der Waals surface area contributed by atoms with E-state index in [0.29, 0.717) is 0 Å². The summed E-state index contributed by atoms with van der Waals surface area (Å²) in [4.78, 5) is 0. The average molecular weight is 224 g/mol. The lowest BCUT2D eigenvalue weighted by molar-refractivity contribution is 0.478. The molecule has 0 N–H and O–H groups in total. The van der Waals surface area contributed by atoms with Crippen LogP contribution in [0.1, 0.15) is 35.5 Å². The fourth-order valence-corrected chi connectivity index (χ4v) is 2.49. The van der Waals surface area contributed by atoms with E-state index in [4.69, 9.17) is 4.42 Å². The quantitative estimate of drug-likeness (QED) is 0.701. The number of hydrogen-bond acceptors (Lipinski definition) is 1. The van der Waals surface area contributed by atoms with Crippen molar-refractivity contribution in [2.75, 3.05) is 0 Å². The molecule has 0 amide bonds. The minimum absolute atomic E-state index is 1.01. The molecule has 0 aliphatic heterocycles. The molecular formula is C16H16O. The highest BCUT2D eigenvalue weighted by atomic mass is 16.3. The Balaban J connectivity index is 2.13. The average Bonchev–Trinajstić information content (AvgIpc) is 2.61. The molecule has 0 spiro atoms. The summed E-state index contributed by atoms with van der Waals surface area (Å²) in [7, 11) is 0. The van der Waals surface area contributed by atoms with E-state index in [1.807, 2.05) is 6.92 Å². The Morgan fingerprint density at radius 2 is 1.94 bits per heavy atom. The SMILES string of the molecule is Cc1cc2c(o1)CCCC=C2c1ccccc1. The van der Waals surface area contributed by atoms with Crippen molar-refractivity contribution >= 4 is 5.57 Å². The third-order valence-corrected chi connectivity index (χ3v) is 3.26. The van der Waals surface area contributed by atoms with Gasteiger partial charge in [0.1, 0.15) is 11.5 Å². The van der Waals surface area contributed by atoms with E-state index in [2.05, 4.69) is 42.5 Å². The van der Waals surface area contributed by atoms with Gasteiger partial charge in [0.2, 0.25) is 0 Å². The molecule has 0 bridgehead atoms. The number of aryl methyl sites for hydroxylation is 2. The van der Waals surface area contributed by atoms with Crippen LogP contribution in [0.2, 0.25) is 0 Å². The van der Waals surface area contributed by atoms with Crippen LogP contribution in [-0.4, -0.2) is 0 Å². The lowest BCUT2D eigenvalue weighted by atomic mass is 9.98. The first-order chi connectivity index (χ1) is 8.34. The molecule has 1 heteroatoms. The van der Waals surface area contributed by atoms with E-state index in [0.717, 1.165) is 24.4 Å². The number of allylic oxidation sites excluding steroid dienone is 1. The first-order valence-electron chi connectivity index (χ1n) is 6.20. The zero-order chi connectivity index (χ0) is 11.7. The normalized spacial score (nSPS) is 15.0. The third-order valence-electron chi connectivity index (χ3n) is 3.26. The first-order valence-corrected chi connectivity index (χ1v) is 6.20. The summed E-state index contributed by atoms with van der Waals surface area (Å²) >= 11 is 0. The molecule has 0 unspecified atom stereocenters. The van der Waals surface area contributed by atoms with E-state index in [-0.39, 0.29) is 0 Å². The van der Waals surface area contributed by atoms with Gasteiger partial charge >= 0.3 is 0 Å². The second kappa shape index (κ2) is 4.25. The highest BCUT2D eigenvalue weighted by Gasteiger charge is 2.16. The standard InChI is InChI=1S/C16H16O/c1-12-11-15-14(13-7-3-2-4-8-13)9-5-6-10-16(15)17-12/h2-4,7-9,11H,5-6,10H2,1H3. The topological polar surface area (TPSA) is 13.1 Å². The van der Waals surface area contributed by atoms with Gasteiger partial charge in [-0.3, -0.25) is 0 Å². The molecular weight excluding hydrogens is 208 g/mol. The molecule has 1 nitrogen and oxygen atoms in total. The molecule has 1 aliphatic carbocycles. The molecule has 1 aromatic heterocycles. The molecule has 3 rings (SSSR count). The first kappa shape index (κ1) is 10.4. The van der Waals surface area contributed by atoms with Crippen LogP contribution in [0.15, 0.2) is 46.9 Å². The Hall–Kier alpha value is -1.76. The molecule has 0 saturated carbocycles. The van der Waals surface area contributed by atoms with Crippen LogP contribution >= 0.6 is 0 Å². The molecule has 1 aromatic carbocycles. The Morgan fingerprint density at radius 1 is 1.12 bits per heavy atom. The summed E-state index contributed by atoms with van der Waals surface area (Å²) in [5, 5.41) is 0. The van der Waals surface area contributed by atoms with Gasteiger partial charge in [-0.1, -0.05) is 36.4 Å². The Morgan fingerprint density at radius 3 is 2.76 bits per heavy atom. The van der Waals surface area contributed by atoms with E-state index in [1.54, 1.807) is 0 Å². The Kier molecular flexibility index (Phi) is 2.60. The summed E-state index contributed by atoms with van der Waals surface area (Å²) in [5.74, 6) is 2.16. The number of furan rings is 1. The fraction of sp³-hybridized carbons (Fsp3) is 0.250. The predicted molar refractivity (Wildman–Crippen MR) is 69.9 cm³/mol. The van der Waals surface area contributed by atoms with Crippen LogP contribution < -0.4 is 0 Å². The van der Waals surface area contributed by atoms with Crippen LogP contribution in [-0.2, 0) is 6.42 Å². The van der Waals surface area contributed by atoms with Crippen LogP contribution in [0.5, 0.6) is 0 Å². The molecule has 1 aliphatic rings. The monoisotopic (exact) mass is 224 g/mol. The molecule has 0 saturated heterocycles. The van der Waals surface area contributed by atoms with Crippen molar-refractivity contribution in [3.63, 3.8) is 0 Å². The van der Waals surface area contributed by atoms with Gasteiger partial charge in [-0.05, 0) is 37.0 Å². The lowest BCUT2D eigenvalue weighted by Crippen LogP contribution is -1.88. The molecule has 0 radical (unpaired) electrons. The molecule has 0 fully saturated rings. The fourth-order valence-electron chi connectivity index (χ4n) is 2.49. The molecule has 17 heavy (non-hydrogen) atoms. The van der Waals surface area contributed by atoms with E-state index in [9.17, 15) is 0 Å². The van der Waals surface area contributed by atoms with Crippen molar-refractivity contribution in [2.45, 2.75) is 26.2 Å². The van der Waals surface area contributed by atoms with Crippen molar-refractivity contribution in [1.29, 1.82) is 0 Å². The minimum atomic E-state index is 1.01. The summed E-state index contributed by atoms with van der Waals surface area (Å²) < 4.78 is 5.80. The Labute approximate surface area is 102 Å². The highest BCUT2D eigenvalue weighted by molar-refractivity contribution is 5.81. The third kappa shape index (κ3) is 1.93. The summed E-state index contributed by atoms with van der Waals surface area (Å²) in [6, 6.07) is 12.7. The summed E-state index contributed by atoms with van der Waals surface area (Å²) in [6.07, 6.45) is 5.70. The van der Waals surface area contributed by atoms with Gasteiger partial charge in [0.15, 0.2) is 0 Å². The van der Waals surface area contributed by atoms with Crippen LogP contribution in [0, 0.1) is 6.92 Å². The molecule has 0 atom stereocenters. The van der Waals surface area contributed by atoms with Gasteiger partial charge in [-0.2, -0.15) is 0 Å². The number of hydrogen-bond donors (Lipinski definition) is 0. The van der Waals surface area contributed by atoms with Gasteiger partial charge in [-0.25, -0.2) is 0 Å². The predicted octanol–water partition coefficient (Wildman–Crippen LogP) is 4.36. The second-order valence-electron chi connectivity index (χ2n) is 4.57. The van der Waals surface area contributed by atoms with Crippen molar-refractivity contribution in [1.82, 2.24) is 0 Å². The maximum Gasteiger partial charge on any atom is 0.111 e. The zero-order valence-corrected chi connectivity index (χ0v) is 10.1. The minimum Gasteiger partial charge on any atom is -0.466 e. The maximum atomic E-state index is 5.80. The Bertz CT molecular complexity index is 546. The van der Waals surface area contributed by atoms with Crippen LogP contribution in [0.4, 0.5) is 0 Å². The second-order valence-corrected chi connectivity index (χ2v) is 4.57. The van der Waals surface area contributed by atoms with E-state index in [1.165, 1.54) is 23.1 Å². The van der Waals surface area contributed by atoms with Gasteiger partial charge < -0.3 is 4.42 Å². The summed E-state index contributed by atoms with van der Waals surface area (Å²) in [6.45, 7) is 2.03. The molecule has 1 heterocycles. The molecule has 86 valence electrons. The van der Waals surface area contributed by atoms with Crippen LogP contribution in [0.25, 0.3) is 5.57 Å². The lowest BCUT2D eigenvalue weighted by Gasteiger charge is -2.05. The van der Waals surface area contributed by atoms with Crippen molar-refractivity contribution in [3.8, 4) is 0 Å². The maximum absolute atomic E-state index is 5.80. The van der Waals surface area contributed by atoms with Crippen molar-refractivity contribution in [2.24, 2.45) is 0 Å². The largest absolute Gasteiger partial charge is 0.466 e.